The quantitative estimate of drug-likeness (QED) is 0.407. The molecule has 0 saturated carbocycles. The van der Waals surface area contributed by atoms with Crippen molar-refractivity contribution in [2.45, 2.75) is 30.4 Å². The summed E-state index contributed by atoms with van der Waals surface area (Å²) in [7, 11) is 0. The van der Waals surface area contributed by atoms with Crippen molar-refractivity contribution in [2.24, 2.45) is 0 Å². The summed E-state index contributed by atoms with van der Waals surface area (Å²) in [5, 5.41) is 0.693. The second-order valence-electron chi connectivity index (χ2n) is 3.24. The van der Waals surface area contributed by atoms with Gasteiger partial charge in [-0.15, -0.1) is 0 Å². The molecule has 0 aliphatic rings. The number of benzene rings is 1. The molecular formula is C12H13LiS. The van der Waals surface area contributed by atoms with E-state index in [0.717, 1.165) is 5.56 Å². The fourth-order valence-electron chi connectivity index (χ4n) is 1.08. The van der Waals surface area contributed by atoms with Crippen molar-refractivity contribution in [3.05, 3.63) is 29.8 Å². The van der Waals surface area contributed by atoms with Crippen LogP contribution in [-0.2, 0) is 0 Å². The third-order valence-corrected chi connectivity index (χ3v) is 3.32. The molecule has 1 aromatic rings. The van der Waals surface area contributed by atoms with Crippen LogP contribution in [0.25, 0.3) is 0 Å². The molecular weight excluding hydrogens is 183 g/mol. The SMILES string of the molecule is [Li][C]#Cc1ccc(SC(C)CC)cc1. The molecule has 0 nitrogen and oxygen atoms in total. The predicted octanol–water partition coefficient (Wildman–Crippen LogP) is 3.05. The molecule has 0 aliphatic heterocycles. The first kappa shape index (κ1) is 11.8. The molecule has 0 aromatic heterocycles. The van der Waals surface area contributed by atoms with Gasteiger partial charge in [0.25, 0.3) is 0 Å². The number of rotatable bonds is 3. The van der Waals surface area contributed by atoms with Crippen molar-refractivity contribution in [2.75, 3.05) is 0 Å². The first-order valence-electron chi connectivity index (χ1n) is 4.95. The fraction of sp³-hybridized carbons (Fsp3) is 0.333. The molecule has 68 valence electrons. The van der Waals surface area contributed by atoms with Gasteiger partial charge in [0, 0.05) is 0 Å². The average Bonchev–Trinajstić information content (AvgIpc) is 2.21. The number of thioether (sulfide) groups is 1. The molecule has 0 spiro atoms. The van der Waals surface area contributed by atoms with Gasteiger partial charge in [-0.05, 0) is 0 Å². The van der Waals surface area contributed by atoms with E-state index in [4.69, 9.17) is 0 Å². The van der Waals surface area contributed by atoms with Gasteiger partial charge < -0.3 is 0 Å². The summed E-state index contributed by atoms with van der Waals surface area (Å²) in [5.74, 6) is 3.04. The minimum absolute atomic E-state index is 0.693. The molecule has 14 heavy (non-hydrogen) atoms. The number of hydrogen-bond acceptors (Lipinski definition) is 1. The molecule has 1 rings (SSSR count). The van der Waals surface area contributed by atoms with E-state index < -0.39 is 0 Å². The minimum atomic E-state index is 0.693. The van der Waals surface area contributed by atoms with Crippen molar-refractivity contribution in [1.29, 1.82) is 0 Å². The van der Waals surface area contributed by atoms with Crippen molar-refractivity contribution >= 4 is 29.5 Å². The third-order valence-electron chi connectivity index (χ3n) is 2.04. The molecule has 2 heteroatoms. The molecule has 0 aliphatic carbocycles. The van der Waals surface area contributed by atoms with Crippen LogP contribution in [0.4, 0.5) is 0 Å². The van der Waals surface area contributed by atoms with Crippen molar-refractivity contribution in [1.82, 2.24) is 0 Å². The summed E-state index contributed by atoms with van der Waals surface area (Å²) in [6, 6.07) is 8.47. The summed E-state index contributed by atoms with van der Waals surface area (Å²) < 4.78 is 2.90. The molecule has 0 heterocycles. The monoisotopic (exact) mass is 196 g/mol. The second-order valence-corrected chi connectivity index (χ2v) is 4.75. The molecule has 0 bridgehead atoms. The summed E-state index contributed by atoms with van der Waals surface area (Å²) in [6.07, 6.45) is 1.21. The van der Waals surface area contributed by atoms with Gasteiger partial charge in [-0.3, -0.25) is 0 Å². The maximum atomic E-state index is 3.04. The van der Waals surface area contributed by atoms with Gasteiger partial charge in [0.05, 0.1) is 0 Å². The van der Waals surface area contributed by atoms with Crippen LogP contribution in [0.5, 0.6) is 0 Å². The van der Waals surface area contributed by atoms with Gasteiger partial charge in [0.15, 0.2) is 0 Å². The molecule has 0 N–H and O–H groups in total. The normalized spacial score (nSPS) is 11.7. The molecule has 1 atom stereocenters. The van der Waals surface area contributed by atoms with E-state index in [1.54, 1.807) is 0 Å². The molecule has 1 unspecified atom stereocenters. The van der Waals surface area contributed by atoms with Crippen LogP contribution < -0.4 is 0 Å². The second kappa shape index (κ2) is 6.26. The Labute approximate surface area is 100 Å². The van der Waals surface area contributed by atoms with Gasteiger partial charge in [-0.1, -0.05) is 0 Å². The Bertz CT molecular complexity index is 332. The average molecular weight is 196 g/mol. The van der Waals surface area contributed by atoms with Crippen molar-refractivity contribution in [3.8, 4) is 10.5 Å². The molecule has 1 aromatic carbocycles. The fourth-order valence-corrected chi connectivity index (χ4v) is 2.00. The molecule has 0 saturated heterocycles. The first-order valence-corrected chi connectivity index (χ1v) is 5.83. The predicted molar refractivity (Wildman–Crippen MR) is 64.7 cm³/mol. The first-order chi connectivity index (χ1) is 6.76. The van der Waals surface area contributed by atoms with Crippen LogP contribution in [0, 0.1) is 10.5 Å². The Morgan fingerprint density at radius 1 is 1.36 bits per heavy atom. The standard InChI is InChI=1S/C12H13S.Li/c1-4-10(3)13-12-8-6-11(5-2)7-9-12;/h6-10H,4H2,1,3H3;. The van der Waals surface area contributed by atoms with Crippen LogP contribution in [0.15, 0.2) is 29.2 Å². The van der Waals surface area contributed by atoms with E-state index in [1.165, 1.54) is 11.3 Å². The Morgan fingerprint density at radius 2 is 2.00 bits per heavy atom. The summed E-state index contributed by atoms with van der Waals surface area (Å²) in [5.41, 5.74) is 1.10. The zero-order valence-electron chi connectivity index (χ0n) is 9.00. The maximum absolute atomic E-state index is 3.04. The zero-order valence-corrected chi connectivity index (χ0v) is 9.82. The Balaban J connectivity index is 2.67. The Morgan fingerprint density at radius 3 is 2.50 bits per heavy atom. The van der Waals surface area contributed by atoms with Crippen LogP contribution in [0.2, 0.25) is 0 Å². The van der Waals surface area contributed by atoms with Crippen molar-refractivity contribution < 1.29 is 0 Å². The third kappa shape index (κ3) is 3.85. The van der Waals surface area contributed by atoms with Crippen LogP contribution in [-0.4, -0.2) is 23.0 Å². The summed E-state index contributed by atoms with van der Waals surface area (Å²) >= 11 is 3.79. The Kier molecular flexibility index (Phi) is 5.27. The molecule has 0 amide bonds. The van der Waals surface area contributed by atoms with Gasteiger partial charge in [-0.2, -0.15) is 0 Å². The summed E-state index contributed by atoms with van der Waals surface area (Å²) in [4.78, 5) is 1.33. The topological polar surface area (TPSA) is 0 Å². The van der Waals surface area contributed by atoms with Crippen LogP contribution >= 0.6 is 11.8 Å². The zero-order chi connectivity index (χ0) is 10.4. The van der Waals surface area contributed by atoms with Crippen molar-refractivity contribution in [3.63, 3.8) is 0 Å². The van der Waals surface area contributed by atoms with Crippen LogP contribution in [0.1, 0.15) is 25.8 Å². The van der Waals surface area contributed by atoms with Gasteiger partial charge in [0.2, 0.25) is 0 Å². The van der Waals surface area contributed by atoms with E-state index in [9.17, 15) is 0 Å². The van der Waals surface area contributed by atoms with E-state index in [2.05, 4.69) is 48.6 Å². The van der Waals surface area contributed by atoms with Crippen LogP contribution in [0.3, 0.4) is 0 Å². The van der Waals surface area contributed by atoms with E-state index in [1.807, 2.05) is 29.5 Å². The molecule has 0 fully saturated rings. The Hall–Kier alpha value is -0.273. The summed E-state index contributed by atoms with van der Waals surface area (Å²) in [6.45, 7) is 4.47. The van der Waals surface area contributed by atoms with Gasteiger partial charge >= 0.3 is 100 Å². The van der Waals surface area contributed by atoms with E-state index in [0.29, 0.717) is 5.25 Å². The number of hydrogen-bond donors (Lipinski definition) is 0. The van der Waals surface area contributed by atoms with E-state index in [-0.39, 0.29) is 0 Å². The molecule has 0 radical (unpaired) electrons. The van der Waals surface area contributed by atoms with Gasteiger partial charge in [0.1, 0.15) is 0 Å². The van der Waals surface area contributed by atoms with E-state index >= 15 is 0 Å². The van der Waals surface area contributed by atoms with Gasteiger partial charge in [-0.25, -0.2) is 0 Å².